The van der Waals surface area contributed by atoms with E-state index in [4.69, 9.17) is 4.98 Å². The number of benzene rings is 1. The van der Waals surface area contributed by atoms with E-state index in [0.29, 0.717) is 5.92 Å². The predicted molar refractivity (Wildman–Crippen MR) is 108 cm³/mol. The lowest BCUT2D eigenvalue weighted by atomic mass is 9.79. The zero-order chi connectivity index (χ0) is 18.9. The maximum atomic E-state index is 13.3. The molecule has 0 atom stereocenters. The molecular formula is C21H27N3O2S. The summed E-state index contributed by atoms with van der Waals surface area (Å²) in [4.78, 5) is 31.8. The van der Waals surface area contributed by atoms with E-state index in [9.17, 15) is 9.59 Å². The van der Waals surface area contributed by atoms with Gasteiger partial charge in [-0.2, -0.15) is 0 Å². The topological polar surface area (TPSA) is 62.3 Å². The van der Waals surface area contributed by atoms with Crippen LogP contribution in [-0.2, 0) is 9.59 Å². The lowest BCUT2D eigenvalue weighted by Gasteiger charge is -2.42. The van der Waals surface area contributed by atoms with Gasteiger partial charge in [0.15, 0.2) is 0 Å². The minimum absolute atomic E-state index is 0.102. The van der Waals surface area contributed by atoms with Gasteiger partial charge in [-0.3, -0.25) is 9.59 Å². The maximum absolute atomic E-state index is 13.3. The summed E-state index contributed by atoms with van der Waals surface area (Å²) in [7, 11) is 0. The molecule has 1 aromatic carbocycles. The highest BCUT2D eigenvalue weighted by atomic mass is 32.1. The SMILES string of the molecule is CC(=O)NC1(C(=O)N2CCC(c3nc4ccccc4s3)CC2)CCCCC1. The summed E-state index contributed by atoms with van der Waals surface area (Å²) in [6, 6.07) is 8.26. The highest BCUT2D eigenvalue weighted by molar-refractivity contribution is 7.18. The number of thiazole rings is 1. The average molecular weight is 386 g/mol. The van der Waals surface area contributed by atoms with Crippen molar-refractivity contribution >= 4 is 33.4 Å². The Balaban J connectivity index is 1.44. The van der Waals surface area contributed by atoms with Crippen LogP contribution < -0.4 is 5.32 Å². The molecule has 2 aromatic rings. The Morgan fingerprint density at radius 3 is 2.52 bits per heavy atom. The first-order valence-corrected chi connectivity index (χ1v) is 10.8. The van der Waals surface area contributed by atoms with Crippen molar-refractivity contribution in [1.82, 2.24) is 15.2 Å². The van der Waals surface area contributed by atoms with Gasteiger partial charge in [0.1, 0.15) is 5.54 Å². The van der Waals surface area contributed by atoms with Gasteiger partial charge in [0.2, 0.25) is 11.8 Å². The average Bonchev–Trinajstić information content (AvgIpc) is 3.12. The normalized spacial score (nSPS) is 20.6. The Bertz CT molecular complexity index is 800. The first-order valence-electron chi connectivity index (χ1n) is 10.0. The number of hydrogen-bond donors (Lipinski definition) is 1. The minimum atomic E-state index is -0.674. The summed E-state index contributed by atoms with van der Waals surface area (Å²) >= 11 is 1.78. The third-order valence-corrected chi connectivity index (χ3v) is 7.17. The molecule has 2 aliphatic rings. The molecular weight excluding hydrogens is 358 g/mol. The molecule has 0 bridgehead atoms. The van der Waals surface area contributed by atoms with Crippen molar-refractivity contribution in [2.45, 2.75) is 63.3 Å². The number of aromatic nitrogens is 1. The molecule has 5 nitrogen and oxygen atoms in total. The summed E-state index contributed by atoms with van der Waals surface area (Å²) in [5.41, 5.74) is 0.398. The molecule has 2 heterocycles. The van der Waals surface area contributed by atoms with E-state index in [1.54, 1.807) is 11.3 Å². The number of hydrogen-bond acceptors (Lipinski definition) is 4. The summed E-state index contributed by atoms with van der Waals surface area (Å²) in [6.45, 7) is 3.02. The van der Waals surface area contributed by atoms with E-state index in [-0.39, 0.29) is 11.8 Å². The molecule has 1 saturated carbocycles. The molecule has 1 aromatic heterocycles. The lowest BCUT2D eigenvalue weighted by molar-refractivity contribution is -0.144. The molecule has 2 amide bonds. The Kier molecular flexibility index (Phi) is 5.17. The molecule has 6 heteroatoms. The lowest BCUT2D eigenvalue weighted by Crippen LogP contribution is -2.61. The summed E-state index contributed by atoms with van der Waals surface area (Å²) < 4.78 is 1.23. The third-order valence-electron chi connectivity index (χ3n) is 5.97. The van der Waals surface area contributed by atoms with E-state index in [2.05, 4.69) is 23.5 Å². The summed E-state index contributed by atoms with van der Waals surface area (Å²) in [6.07, 6.45) is 6.59. The monoisotopic (exact) mass is 385 g/mol. The zero-order valence-electron chi connectivity index (χ0n) is 15.9. The highest BCUT2D eigenvalue weighted by Gasteiger charge is 2.43. The zero-order valence-corrected chi connectivity index (χ0v) is 16.7. The number of para-hydroxylation sites is 1. The fourth-order valence-corrected chi connectivity index (χ4v) is 5.72. The Labute approximate surface area is 164 Å². The number of carbonyl (C=O) groups is 2. The van der Waals surface area contributed by atoms with Crippen LogP contribution in [0.25, 0.3) is 10.2 Å². The van der Waals surface area contributed by atoms with Crippen molar-refractivity contribution in [1.29, 1.82) is 0 Å². The number of fused-ring (bicyclic) bond motifs is 1. The van der Waals surface area contributed by atoms with Crippen LogP contribution in [0, 0.1) is 0 Å². The first kappa shape index (κ1) is 18.4. The van der Waals surface area contributed by atoms with Gasteiger partial charge < -0.3 is 10.2 Å². The van der Waals surface area contributed by atoms with Crippen molar-refractivity contribution in [3.63, 3.8) is 0 Å². The standard InChI is InChI=1S/C21H27N3O2S/c1-15(25)23-21(11-5-2-6-12-21)20(26)24-13-9-16(10-14-24)19-22-17-7-3-4-8-18(17)27-19/h3-4,7-8,16H,2,5-6,9-14H2,1H3,(H,23,25). The van der Waals surface area contributed by atoms with Gasteiger partial charge >= 0.3 is 0 Å². The fourth-order valence-electron chi connectivity index (χ4n) is 4.58. The molecule has 1 saturated heterocycles. The van der Waals surface area contributed by atoms with Crippen LogP contribution in [0.3, 0.4) is 0 Å². The summed E-state index contributed by atoms with van der Waals surface area (Å²) in [5, 5.41) is 4.20. The van der Waals surface area contributed by atoms with E-state index in [0.717, 1.165) is 63.6 Å². The van der Waals surface area contributed by atoms with Gasteiger partial charge in [0.05, 0.1) is 15.2 Å². The van der Waals surface area contributed by atoms with E-state index < -0.39 is 5.54 Å². The van der Waals surface area contributed by atoms with Crippen LogP contribution in [0.1, 0.15) is 62.8 Å². The van der Waals surface area contributed by atoms with E-state index in [1.165, 1.54) is 16.6 Å². The number of nitrogens with zero attached hydrogens (tertiary/aromatic N) is 2. The van der Waals surface area contributed by atoms with Crippen molar-refractivity contribution in [2.75, 3.05) is 13.1 Å². The van der Waals surface area contributed by atoms with Crippen LogP contribution >= 0.6 is 11.3 Å². The van der Waals surface area contributed by atoms with Crippen molar-refractivity contribution in [3.05, 3.63) is 29.3 Å². The molecule has 27 heavy (non-hydrogen) atoms. The van der Waals surface area contributed by atoms with Crippen LogP contribution in [0.15, 0.2) is 24.3 Å². The number of rotatable bonds is 3. The molecule has 144 valence electrons. The Hall–Kier alpha value is -1.95. The quantitative estimate of drug-likeness (QED) is 0.873. The van der Waals surface area contributed by atoms with Gasteiger partial charge in [0.25, 0.3) is 0 Å². The van der Waals surface area contributed by atoms with Gasteiger partial charge in [0, 0.05) is 25.9 Å². The minimum Gasteiger partial charge on any atom is -0.342 e. The maximum Gasteiger partial charge on any atom is 0.248 e. The predicted octanol–water partition coefficient (Wildman–Crippen LogP) is 3.84. The number of likely N-dealkylation sites (tertiary alicyclic amines) is 1. The molecule has 1 aliphatic carbocycles. The largest absolute Gasteiger partial charge is 0.342 e. The van der Waals surface area contributed by atoms with Crippen LogP contribution in [-0.4, -0.2) is 40.3 Å². The van der Waals surface area contributed by atoms with Crippen LogP contribution in [0.2, 0.25) is 0 Å². The molecule has 0 unspecified atom stereocenters. The Morgan fingerprint density at radius 2 is 1.85 bits per heavy atom. The molecule has 0 radical (unpaired) electrons. The molecule has 1 N–H and O–H groups in total. The molecule has 2 fully saturated rings. The molecule has 1 aliphatic heterocycles. The second kappa shape index (κ2) is 7.58. The van der Waals surface area contributed by atoms with Crippen LogP contribution in [0.4, 0.5) is 0 Å². The second-order valence-corrected chi connectivity index (χ2v) is 8.97. The summed E-state index contributed by atoms with van der Waals surface area (Å²) in [5.74, 6) is 0.448. The van der Waals surface area contributed by atoms with Crippen molar-refractivity contribution < 1.29 is 9.59 Å². The van der Waals surface area contributed by atoms with E-state index >= 15 is 0 Å². The second-order valence-electron chi connectivity index (χ2n) is 7.91. The number of carbonyl (C=O) groups excluding carboxylic acids is 2. The third kappa shape index (κ3) is 3.72. The van der Waals surface area contributed by atoms with Gasteiger partial charge in [-0.1, -0.05) is 31.4 Å². The smallest absolute Gasteiger partial charge is 0.248 e. The number of nitrogens with one attached hydrogen (secondary N) is 1. The highest BCUT2D eigenvalue weighted by Crippen LogP contribution is 2.36. The van der Waals surface area contributed by atoms with Crippen LogP contribution in [0.5, 0.6) is 0 Å². The molecule has 0 spiro atoms. The Morgan fingerprint density at radius 1 is 1.15 bits per heavy atom. The van der Waals surface area contributed by atoms with Crippen molar-refractivity contribution in [3.8, 4) is 0 Å². The van der Waals surface area contributed by atoms with E-state index in [1.807, 2.05) is 11.0 Å². The van der Waals surface area contributed by atoms with Gasteiger partial charge in [-0.15, -0.1) is 11.3 Å². The van der Waals surface area contributed by atoms with Crippen molar-refractivity contribution in [2.24, 2.45) is 0 Å². The van der Waals surface area contributed by atoms with Gasteiger partial charge in [-0.05, 0) is 37.8 Å². The number of amides is 2. The first-order chi connectivity index (χ1) is 13.1. The van der Waals surface area contributed by atoms with Gasteiger partial charge in [-0.25, -0.2) is 4.98 Å². The fraction of sp³-hybridized carbons (Fsp3) is 0.571. The molecule has 4 rings (SSSR count). The number of piperidine rings is 1.